The Morgan fingerprint density at radius 3 is 1.63 bits per heavy atom. The first kappa shape index (κ1) is 18.0. The highest BCUT2D eigenvalue weighted by atomic mass is 16.5. The van der Waals surface area contributed by atoms with Crippen molar-refractivity contribution in [3.05, 3.63) is 95.6 Å². The minimum absolute atomic E-state index is 0.538. The molecule has 0 spiro atoms. The first-order valence-corrected chi connectivity index (χ1v) is 10.8. The van der Waals surface area contributed by atoms with Crippen LogP contribution in [0, 0.1) is 16.7 Å². The fourth-order valence-corrected chi connectivity index (χ4v) is 5.03. The summed E-state index contributed by atoms with van der Waals surface area (Å²) in [4.78, 5) is 0. The summed E-state index contributed by atoms with van der Waals surface area (Å²) in [6.07, 6.45) is 2.93. The van der Waals surface area contributed by atoms with Crippen molar-refractivity contribution >= 4 is 0 Å². The second-order valence-corrected chi connectivity index (χ2v) is 9.09. The molecule has 0 saturated heterocycles. The molecule has 0 atom stereocenters. The fraction of sp³-hybridized carbons (Fsp3) is 0.333. The van der Waals surface area contributed by atoms with E-state index in [0.717, 1.165) is 51.5 Å². The topological polar surface area (TPSA) is 27.7 Å². The van der Waals surface area contributed by atoms with E-state index in [0.29, 0.717) is 19.8 Å². The summed E-state index contributed by atoms with van der Waals surface area (Å²) in [7, 11) is 0. The Kier molecular flexibility index (Phi) is 4.14. The number of benzene rings is 3. The van der Waals surface area contributed by atoms with Gasteiger partial charge in [-0.25, -0.2) is 0 Å². The monoisotopic (exact) mass is 398 g/mol. The Bertz CT molecular complexity index is 962. The molecule has 0 unspecified atom stereocenters. The van der Waals surface area contributed by atoms with Crippen molar-refractivity contribution in [1.29, 1.82) is 0 Å². The van der Waals surface area contributed by atoms with Crippen LogP contribution in [0.25, 0.3) is 0 Å². The Morgan fingerprint density at radius 1 is 0.633 bits per heavy atom. The highest BCUT2D eigenvalue weighted by Gasteiger charge is 3.04. The van der Waals surface area contributed by atoms with Gasteiger partial charge in [-0.15, -0.1) is 0 Å². The van der Waals surface area contributed by atoms with Gasteiger partial charge in [-0.1, -0.05) is 60.7 Å². The normalized spacial score (nSPS) is 27.0. The molecule has 30 heavy (non-hydrogen) atoms. The van der Waals surface area contributed by atoms with Gasteiger partial charge in [0.2, 0.25) is 0 Å². The zero-order valence-electron chi connectivity index (χ0n) is 17.1. The summed E-state index contributed by atoms with van der Waals surface area (Å²) >= 11 is 0. The number of hydrogen-bond donors (Lipinski definition) is 0. The zero-order valence-corrected chi connectivity index (χ0v) is 17.1. The highest BCUT2D eigenvalue weighted by Crippen LogP contribution is 3.09. The van der Waals surface area contributed by atoms with Crippen LogP contribution in [0.2, 0.25) is 0 Å². The third-order valence-corrected chi connectivity index (χ3v) is 7.24. The standard InChI is InChI=1S/C27H26O3/c1-3-7-20(8-4-1)15-29-23-11-22(14-28-17-25-26-18-27(25,26)19-26)12-24(13-23)30-16-21-9-5-2-6-10-21/h1-13,25H,14-19H2. The van der Waals surface area contributed by atoms with Crippen molar-refractivity contribution < 1.29 is 14.2 Å². The number of rotatable bonds is 10. The van der Waals surface area contributed by atoms with E-state index in [2.05, 4.69) is 36.4 Å². The van der Waals surface area contributed by atoms with E-state index >= 15 is 0 Å². The maximum atomic E-state index is 6.08. The van der Waals surface area contributed by atoms with Gasteiger partial charge in [0.15, 0.2) is 0 Å². The Balaban J connectivity index is 1.12. The molecule has 0 radical (unpaired) electrons. The van der Waals surface area contributed by atoms with Crippen molar-refractivity contribution in [2.45, 2.75) is 32.7 Å². The first-order valence-electron chi connectivity index (χ1n) is 10.8. The molecule has 6 rings (SSSR count). The quantitative estimate of drug-likeness (QED) is 0.434. The predicted molar refractivity (Wildman–Crippen MR) is 115 cm³/mol. The third kappa shape index (κ3) is 3.18. The van der Waals surface area contributed by atoms with Gasteiger partial charge in [0.25, 0.3) is 0 Å². The van der Waals surface area contributed by atoms with Crippen LogP contribution >= 0.6 is 0 Å². The van der Waals surface area contributed by atoms with Crippen LogP contribution in [0.3, 0.4) is 0 Å². The lowest BCUT2D eigenvalue weighted by molar-refractivity contribution is 0.0678. The lowest BCUT2D eigenvalue weighted by Crippen LogP contribution is -2.17. The van der Waals surface area contributed by atoms with Crippen LogP contribution in [-0.2, 0) is 24.6 Å². The van der Waals surface area contributed by atoms with E-state index in [1.165, 1.54) is 12.8 Å². The van der Waals surface area contributed by atoms with E-state index < -0.39 is 0 Å². The third-order valence-electron chi connectivity index (χ3n) is 7.24. The van der Waals surface area contributed by atoms with E-state index in [9.17, 15) is 0 Å². The van der Waals surface area contributed by atoms with E-state index in [4.69, 9.17) is 14.2 Å². The molecule has 3 aromatic rings. The maximum absolute atomic E-state index is 6.08. The zero-order chi connectivity index (χ0) is 20.0. The Hall–Kier alpha value is -2.78. The van der Waals surface area contributed by atoms with Crippen LogP contribution < -0.4 is 9.47 Å². The van der Waals surface area contributed by atoms with Gasteiger partial charge in [0, 0.05) is 6.07 Å². The minimum atomic E-state index is 0.538. The average Bonchev–Trinajstić information content (AvgIpc) is 3.70. The van der Waals surface area contributed by atoms with Crippen LogP contribution in [0.15, 0.2) is 78.9 Å². The highest BCUT2D eigenvalue weighted by molar-refractivity contribution is 5.51. The van der Waals surface area contributed by atoms with Crippen molar-refractivity contribution in [2.75, 3.05) is 6.61 Å². The summed E-state index contributed by atoms with van der Waals surface area (Å²) in [5, 5.41) is 0. The predicted octanol–water partition coefficient (Wildman–Crippen LogP) is 5.77. The van der Waals surface area contributed by atoms with Crippen molar-refractivity contribution in [1.82, 2.24) is 0 Å². The molecule has 3 aromatic carbocycles. The molecule has 0 aliphatic heterocycles. The van der Waals surface area contributed by atoms with Gasteiger partial charge in [0.1, 0.15) is 24.7 Å². The summed E-state index contributed by atoms with van der Waals surface area (Å²) < 4.78 is 18.2. The molecule has 3 heteroatoms. The summed E-state index contributed by atoms with van der Waals surface area (Å²) in [6, 6.07) is 26.6. The van der Waals surface area contributed by atoms with Crippen LogP contribution in [0.5, 0.6) is 11.5 Å². The molecule has 3 fully saturated rings. The summed E-state index contributed by atoms with van der Waals surface area (Å²) in [5.74, 6) is 2.48. The van der Waals surface area contributed by atoms with E-state index in [1.807, 2.05) is 42.5 Å². The average molecular weight is 399 g/mol. The number of ether oxygens (including phenoxy) is 3. The van der Waals surface area contributed by atoms with Crippen LogP contribution in [-0.4, -0.2) is 6.61 Å². The van der Waals surface area contributed by atoms with Crippen molar-refractivity contribution in [3.8, 4) is 11.5 Å². The lowest BCUT2D eigenvalue weighted by atomic mass is 9.89. The molecule has 152 valence electrons. The number of hydrogen-bond acceptors (Lipinski definition) is 3. The van der Waals surface area contributed by atoms with E-state index in [-0.39, 0.29) is 0 Å². The summed E-state index contributed by atoms with van der Waals surface area (Å²) in [5.41, 5.74) is 4.89. The SMILES string of the molecule is c1ccc(COc2cc(COCC3C45CC34C5)cc(OCc3ccccc3)c2)cc1. The van der Waals surface area contributed by atoms with Gasteiger partial charge in [-0.3, -0.25) is 0 Å². The Morgan fingerprint density at radius 2 is 1.17 bits per heavy atom. The molecule has 3 aliphatic rings. The minimum Gasteiger partial charge on any atom is -0.489 e. The first-order chi connectivity index (χ1) is 14.8. The van der Waals surface area contributed by atoms with E-state index in [1.54, 1.807) is 0 Å². The Labute approximate surface area is 177 Å². The van der Waals surface area contributed by atoms with Gasteiger partial charge in [0.05, 0.1) is 13.2 Å². The second-order valence-electron chi connectivity index (χ2n) is 9.09. The molecular weight excluding hydrogens is 372 g/mol. The van der Waals surface area contributed by atoms with Gasteiger partial charge in [-0.2, -0.15) is 0 Å². The lowest BCUT2D eigenvalue weighted by Gasteiger charge is -2.21. The molecule has 3 aliphatic carbocycles. The molecule has 0 amide bonds. The molecule has 0 bridgehead atoms. The van der Waals surface area contributed by atoms with Crippen molar-refractivity contribution in [3.63, 3.8) is 0 Å². The smallest absolute Gasteiger partial charge is 0.123 e. The second kappa shape index (κ2) is 6.88. The fourth-order valence-electron chi connectivity index (χ4n) is 5.03. The molecule has 3 nitrogen and oxygen atoms in total. The molecule has 3 saturated carbocycles. The van der Waals surface area contributed by atoms with Crippen LogP contribution in [0.1, 0.15) is 29.5 Å². The largest absolute Gasteiger partial charge is 0.489 e. The van der Waals surface area contributed by atoms with Crippen LogP contribution in [0.4, 0.5) is 0 Å². The molecular formula is C27H26O3. The van der Waals surface area contributed by atoms with Crippen molar-refractivity contribution in [2.24, 2.45) is 16.7 Å². The van der Waals surface area contributed by atoms with Gasteiger partial charge in [-0.05, 0) is 58.4 Å². The van der Waals surface area contributed by atoms with Gasteiger partial charge >= 0.3 is 0 Å². The summed E-state index contributed by atoms with van der Waals surface area (Å²) in [6.45, 7) is 2.58. The van der Waals surface area contributed by atoms with Gasteiger partial charge < -0.3 is 14.2 Å². The molecule has 0 heterocycles. The molecule has 0 aromatic heterocycles. The maximum Gasteiger partial charge on any atom is 0.123 e. The molecule has 0 N–H and O–H groups in total.